The second-order valence-corrected chi connectivity index (χ2v) is 6.76. The number of nitrogens with zero attached hydrogens (tertiary/aromatic N) is 1. The molecule has 0 aliphatic heterocycles. The number of benzene rings is 3. The number of fused-ring (bicyclic) bond motifs is 1. The van der Waals surface area contributed by atoms with E-state index >= 15 is 0 Å². The number of carbonyl (C=O) groups is 2. The van der Waals surface area contributed by atoms with E-state index in [0.29, 0.717) is 33.6 Å². The molecule has 154 valence electrons. The SMILES string of the molecule is COc1ccccc1NC(=O)COC(=O)c1cc(-c2ccccc2)nc2ccccc12. The highest BCUT2D eigenvalue weighted by molar-refractivity contribution is 6.05. The first-order valence-corrected chi connectivity index (χ1v) is 9.71. The normalized spacial score (nSPS) is 10.5. The summed E-state index contributed by atoms with van der Waals surface area (Å²) < 4.78 is 10.5. The summed E-state index contributed by atoms with van der Waals surface area (Å²) in [5.41, 5.74) is 3.08. The van der Waals surface area contributed by atoms with Gasteiger partial charge in [-0.1, -0.05) is 60.7 Å². The molecule has 4 aromatic rings. The van der Waals surface area contributed by atoms with Crippen LogP contribution in [-0.2, 0) is 9.53 Å². The Labute approximate surface area is 179 Å². The van der Waals surface area contributed by atoms with Gasteiger partial charge in [-0.25, -0.2) is 9.78 Å². The van der Waals surface area contributed by atoms with Gasteiger partial charge in [0.2, 0.25) is 0 Å². The van der Waals surface area contributed by atoms with Gasteiger partial charge in [0.1, 0.15) is 5.75 Å². The fraction of sp³-hybridized carbons (Fsp3) is 0.0800. The van der Waals surface area contributed by atoms with Crippen LogP contribution in [0.3, 0.4) is 0 Å². The second kappa shape index (κ2) is 9.09. The van der Waals surface area contributed by atoms with Crippen molar-refractivity contribution in [3.8, 4) is 17.0 Å². The number of carbonyl (C=O) groups excluding carboxylic acids is 2. The van der Waals surface area contributed by atoms with Crippen molar-refractivity contribution in [2.75, 3.05) is 19.0 Å². The summed E-state index contributed by atoms with van der Waals surface area (Å²) in [6.07, 6.45) is 0. The highest BCUT2D eigenvalue weighted by Gasteiger charge is 2.17. The van der Waals surface area contributed by atoms with Crippen LogP contribution in [0.25, 0.3) is 22.2 Å². The van der Waals surface area contributed by atoms with E-state index in [1.807, 2.05) is 54.6 Å². The molecular formula is C25H20N2O4. The third-order valence-electron chi connectivity index (χ3n) is 4.72. The van der Waals surface area contributed by atoms with Crippen molar-refractivity contribution in [2.24, 2.45) is 0 Å². The lowest BCUT2D eigenvalue weighted by atomic mass is 10.0. The van der Waals surface area contributed by atoms with Crippen LogP contribution in [0.15, 0.2) is 84.9 Å². The summed E-state index contributed by atoms with van der Waals surface area (Å²) >= 11 is 0. The number of ether oxygens (including phenoxy) is 2. The molecule has 4 rings (SSSR count). The van der Waals surface area contributed by atoms with Gasteiger partial charge in [0.15, 0.2) is 6.61 Å². The minimum atomic E-state index is -0.592. The minimum Gasteiger partial charge on any atom is -0.495 e. The van der Waals surface area contributed by atoms with Crippen LogP contribution in [0, 0.1) is 0 Å². The zero-order valence-corrected chi connectivity index (χ0v) is 16.9. The summed E-state index contributed by atoms with van der Waals surface area (Å²) in [6, 6.07) is 25.6. The molecule has 1 amide bonds. The largest absolute Gasteiger partial charge is 0.495 e. The quantitative estimate of drug-likeness (QED) is 0.464. The maximum absolute atomic E-state index is 12.9. The molecule has 0 unspecified atom stereocenters. The van der Waals surface area contributed by atoms with Crippen molar-refractivity contribution in [3.05, 3.63) is 90.5 Å². The maximum atomic E-state index is 12.9. The van der Waals surface area contributed by atoms with Crippen LogP contribution in [0.4, 0.5) is 5.69 Å². The number of rotatable bonds is 6. The molecule has 6 nitrogen and oxygen atoms in total. The predicted molar refractivity (Wildman–Crippen MR) is 119 cm³/mol. The van der Waals surface area contributed by atoms with Gasteiger partial charge in [-0.3, -0.25) is 4.79 Å². The first-order chi connectivity index (χ1) is 15.2. The van der Waals surface area contributed by atoms with E-state index in [1.54, 1.807) is 30.3 Å². The predicted octanol–water partition coefficient (Wildman–Crippen LogP) is 4.71. The molecule has 6 heteroatoms. The third-order valence-corrected chi connectivity index (χ3v) is 4.72. The molecule has 0 radical (unpaired) electrons. The molecule has 0 atom stereocenters. The molecule has 0 fully saturated rings. The Hall–Kier alpha value is -4.19. The van der Waals surface area contributed by atoms with Crippen molar-refractivity contribution in [1.82, 2.24) is 4.98 Å². The van der Waals surface area contributed by atoms with Crippen LogP contribution in [-0.4, -0.2) is 30.6 Å². The molecule has 0 aliphatic rings. The van der Waals surface area contributed by atoms with Crippen LogP contribution >= 0.6 is 0 Å². The Morgan fingerprint density at radius 3 is 2.42 bits per heavy atom. The standard InChI is InChI=1S/C25H20N2O4/c1-30-23-14-8-7-13-21(23)27-24(28)16-31-25(29)19-15-22(17-9-3-2-4-10-17)26-20-12-6-5-11-18(19)20/h2-15H,16H2,1H3,(H,27,28). The Morgan fingerprint density at radius 2 is 1.61 bits per heavy atom. The molecule has 3 aromatic carbocycles. The second-order valence-electron chi connectivity index (χ2n) is 6.76. The van der Waals surface area contributed by atoms with Gasteiger partial charge < -0.3 is 14.8 Å². The molecule has 0 saturated heterocycles. The zero-order chi connectivity index (χ0) is 21.6. The van der Waals surface area contributed by atoms with Crippen LogP contribution < -0.4 is 10.1 Å². The number of hydrogen-bond acceptors (Lipinski definition) is 5. The van der Waals surface area contributed by atoms with E-state index in [0.717, 1.165) is 5.56 Å². The molecule has 31 heavy (non-hydrogen) atoms. The average Bonchev–Trinajstić information content (AvgIpc) is 2.82. The Bertz CT molecular complexity index is 1240. The van der Waals surface area contributed by atoms with E-state index in [-0.39, 0.29) is 0 Å². The Morgan fingerprint density at radius 1 is 0.903 bits per heavy atom. The number of pyridine rings is 1. The number of hydrogen-bond donors (Lipinski definition) is 1. The molecule has 0 spiro atoms. The number of nitrogens with one attached hydrogen (secondary N) is 1. The zero-order valence-electron chi connectivity index (χ0n) is 16.9. The van der Waals surface area contributed by atoms with E-state index in [2.05, 4.69) is 10.3 Å². The van der Waals surface area contributed by atoms with Gasteiger partial charge >= 0.3 is 5.97 Å². The topological polar surface area (TPSA) is 77.5 Å². The summed E-state index contributed by atoms with van der Waals surface area (Å²) in [5.74, 6) is -0.528. The molecule has 1 heterocycles. The van der Waals surface area contributed by atoms with Crippen molar-refractivity contribution in [2.45, 2.75) is 0 Å². The molecule has 0 bridgehead atoms. The van der Waals surface area contributed by atoms with E-state index in [4.69, 9.17) is 9.47 Å². The minimum absolute atomic E-state index is 0.356. The van der Waals surface area contributed by atoms with Gasteiger partial charge in [-0.15, -0.1) is 0 Å². The lowest BCUT2D eigenvalue weighted by Crippen LogP contribution is -2.21. The van der Waals surface area contributed by atoms with Gasteiger partial charge in [0.25, 0.3) is 5.91 Å². The van der Waals surface area contributed by atoms with Crippen LogP contribution in [0.1, 0.15) is 10.4 Å². The number of esters is 1. The summed E-state index contributed by atoms with van der Waals surface area (Å²) in [6.45, 7) is -0.422. The maximum Gasteiger partial charge on any atom is 0.339 e. The lowest BCUT2D eigenvalue weighted by molar-refractivity contribution is -0.119. The van der Waals surface area contributed by atoms with Gasteiger partial charge in [-0.2, -0.15) is 0 Å². The number of para-hydroxylation sites is 3. The highest BCUT2D eigenvalue weighted by Crippen LogP contribution is 2.26. The number of aromatic nitrogens is 1. The monoisotopic (exact) mass is 412 g/mol. The van der Waals surface area contributed by atoms with Crippen LogP contribution in [0.5, 0.6) is 5.75 Å². The average molecular weight is 412 g/mol. The number of methoxy groups -OCH3 is 1. The Kier molecular flexibility index (Phi) is 5.89. The highest BCUT2D eigenvalue weighted by atomic mass is 16.5. The fourth-order valence-electron chi connectivity index (χ4n) is 3.24. The Balaban J connectivity index is 1.55. The molecule has 0 aliphatic carbocycles. The van der Waals surface area contributed by atoms with Crippen molar-refractivity contribution >= 4 is 28.5 Å². The summed E-state index contributed by atoms with van der Waals surface area (Å²) in [4.78, 5) is 29.8. The first-order valence-electron chi connectivity index (χ1n) is 9.71. The van der Waals surface area contributed by atoms with Crippen molar-refractivity contribution in [3.63, 3.8) is 0 Å². The van der Waals surface area contributed by atoms with E-state index in [1.165, 1.54) is 7.11 Å². The lowest BCUT2D eigenvalue weighted by Gasteiger charge is -2.11. The molecule has 0 saturated carbocycles. The smallest absolute Gasteiger partial charge is 0.339 e. The van der Waals surface area contributed by atoms with Crippen molar-refractivity contribution < 1.29 is 19.1 Å². The molecule has 1 N–H and O–H groups in total. The van der Waals surface area contributed by atoms with Gasteiger partial charge in [-0.05, 0) is 24.3 Å². The van der Waals surface area contributed by atoms with E-state index in [9.17, 15) is 9.59 Å². The van der Waals surface area contributed by atoms with Crippen molar-refractivity contribution in [1.29, 1.82) is 0 Å². The third kappa shape index (κ3) is 4.53. The molecule has 1 aromatic heterocycles. The summed E-state index contributed by atoms with van der Waals surface area (Å²) in [7, 11) is 1.52. The van der Waals surface area contributed by atoms with Crippen LogP contribution in [0.2, 0.25) is 0 Å². The number of amides is 1. The van der Waals surface area contributed by atoms with Gasteiger partial charge in [0.05, 0.1) is 29.6 Å². The van der Waals surface area contributed by atoms with Gasteiger partial charge in [0, 0.05) is 10.9 Å². The summed E-state index contributed by atoms with van der Waals surface area (Å²) in [5, 5.41) is 3.35. The number of anilines is 1. The van der Waals surface area contributed by atoms with E-state index < -0.39 is 18.5 Å². The first kappa shape index (κ1) is 20.1. The fourth-order valence-corrected chi connectivity index (χ4v) is 3.24. The molecular weight excluding hydrogens is 392 g/mol.